The summed E-state index contributed by atoms with van der Waals surface area (Å²) in [4.78, 5) is 21.9. The van der Waals surface area contributed by atoms with Crippen molar-refractivity contribution in [1.29, 1.82) is 0 Å². The molecular weight excluding hydrogens is 276 g/mol. The molecular formula is C14H20N2O5. The van der Waals surface area contributed by atoms with Gasteiger partial charge >= 0.3 is 11.7 Å². The third-order valence-electron chi connectivity index (χ3n) is 2.86. The molecule has 0 saturated heterocycles. The van der Waals surface area contributed by atoms with Gasteiger partial charge in [-0.2, -0.15) is 0 Å². The monoisotopic (exact) mass is 296 g/mol. The third-order valence-corrected chi connectivity index (χ3v) is 2.86. The van der Waals surface area contributed by atoms with Crippen LogP contribution in [-0.2, 0) is 9.53 Å². The molecule has 0 radical (unpaired) electrons. The van der Waals surface area contributed by atoms with Crippen molar-refractivity contribution in [2.75, 3.05) is 13.2 Å². The number of nitrogens with two attached hydrogens (primary N) is 1. The van der Waals surface area contributed by atoms with Gasteiger partial charge in [-0.05, 0) is 31.9 Å². The number of nitro groups is 1. The molecule has 0 saturated carbocycles. The van der Waals surface area contributed by atoms with Gasteiger partial charge in [0.2, 0.25) is 0 Å². The number of ether oxygens (including phenoxy) is 2. The number of nitrogens with zero attached hydrogens (tertiary/aromatic N) is 1. The average molecular weight is 296 g/mol. The lowest BCUT2D eigenvalue weighted by atomic mass is 10.1. The van der Waals surface area contributed by atoms with Crippen LogP contribution in [0.15, 0.2) is 12.1 Å². The lowest BCUT2D eigenvalue weighted by molar-refractivity contribution is -0.386. The van der Waals surface area contributed by atoms with Crippen molar-refractivity contribution >= 4 is 11.7 Å². The first-order valence-electron chi connectivity index (χ1n) is 6.67. The number of rotatable bonds is 7. The van der Waals surface area contributed by atoms with Crippen molar-refractivity contribution in [2.45, 2.75) is 33.2 Å². The number of hydrogen-bond donors (Lipinski definition) is 1. The maximum atomic E-state index is 11.4. The summed E-state index contributed by atoms with van der Waals surface area (Å²) in [6.45, 7) is 5.57. The molecule has 0 aliphatic heterocycles. The maximum Gasteiger partial charge on any atom is 0.323 e. The van der Waals surface area contributed by atoms with Crippen LogP contribution in [0.1, 0.15) is 24.5 Å². The summed E-state index contributed by atoms with van der Waals surface area (Å²) in [6, 6.07) is 2.45. The Morgan fingerprint density at radius 1 is 1.43 bits per heavy atom. The standard InChI is InChI=1S/C14H20N2O5/c1-4-20-14(17)11(15)5-6-21-13-10(3)7-9(2)8-12(13)16(18)19/h7-8,11H,4-6,15H2,1-3H3. The lowest BCUT2D eigenvalue weighted by Crippen LogP contribution is -2.33. The minimum atomic E-state index is -0.797. The van der Waals surface area contributed by atoms with E-state index < -0.39 is 16.9 Å². The molecule has 0 bridgehead atoms. The molecule has 1 aromatic carbocycles. The van der Waals surface area contributed by atoms with Crippen LogP contribution in [0.5, 0.6) is 5.75 Å². The molecule has 0 aromatic heterocycles. The Labute approximate surface area is 123 Å². The van der Waals surface area contributed by atoms with Crippen LogP contribution >= 0.6 is 0 Å². The van der Waals surface area contributed by atoms with Crippen LogP contribution in [0.2, 0.25) is 0 Å². The molecule has 0 spiro atoms. The van der Waals surface area contributed by atoms with E-state index >= 15 is 0 Å². The Hall–Kier alpha value is -2.15. The zero-order valence-corrected chi connectivity index (χ0v) is 12.4. The van der Waals surface area contributed by atoms with E-state index in [-0.39, 0.29) is 31.1 Å². The molecule has 0 aliphatic carbocycles. The predicted molar refractivity (Wildman–Crippen MR) is 77.3 cm³/mol. The van der Waals surface area contributed by atoms with E-state index in [1.165, 1.54) is 6.07 Å². The minimum Gasteiger partial charge on any atom is -0.487 e. The first-order chi connectivity index (χ1) is 9.86. The maximum absolute atomic E-state index is 11.4. The molecule has 116 valence electrons. The van der Waals surface area contributed by atoms with Crippen molar-refractivity contribution in [3.8, 4) is 5.75 Å². The molecule has 0 amide bonds. The van der Waals surface area contributed by atoms with E-state index in [4.69, 9.17) is 15.2 Å². The van der Waals surface area contributed by atoms with Crippen LogP contribution in [0, 0.1) is 24.0 Å². The highest BCUT2D eigenvalue weighted by atomic mass is 16.6. The first-order valence-corrected chi connectivity index (χ1v) is 6.67. The molecule has 1 aromatic rings. The number of nitro benzene ring substituents is 1. The molecule has 0 aliphatic rings. The van der Waals surface area contributed by atoms with Crippen molar-refractivity contribution < 1.29 is 19.2 Å². The van der Waals surface area contributed by atoms with Crippen molar-refractivity contribution in [3.05, 3.63) is 33.4 Å². The second-order valence-corrected chi connectivity index (χ2v) is 4.68. The van der Waals surface area contributed by atoms with Gasteiger partial charge in [0.15, 0.2) is 5.75 Å². The van der Waals surface area contributed by atoms with E-state index in [0.29, 0.717) is 5.56 Å². The van der Waals surface area contributed by atoms with Crippen LogP contribution in [0.25, 0.3) is 0 Å². The van der Waals surface area contributed by atoms with E-state index in [0.717, 1.165) is 5.56 Å². The summed E-state index contributed by atoms with van der Waals surface area (Å²) >= 11 is 0. The lowest BCUT2D eigenvalue weighted by Gasteiger charge is -2.13. The average Bonchev–Trinajstić information content (AvgIpc) is 2.40. The van der Waals surface area contributed by atoms with E-state index in [2.05, 4.69) is 0 Å². The highest BCUT2D eigenvalue weighted by molar-refractivity contribution is 5.75. The fourth-order valence-electron chi connectivity index (χ4n) is 1.91. The van der Waals surface area contributed by atoms with E-state index in [1.54, 1.807) is 26.8 Å². The van der Waals surface area contributed by atoms with Gasteiger partial charge in [-0.3, -0.25) is 14.9 Å². The van der Waals surface area contributed by atoms with Gasteiger partial charge in [0.1, 0.15) is 6.04 Å². The smallest absolute Gasteiger partial charge is 0.323 e. The van der Waals surface area contributed by atoms with Crippen molar-refractivity contribution in [3.63, 3.8) is 0 Å². The van der Waals surface area contributed by atoms with E-state index in [1.807, 2.05) is 0 Å². The predicted octanol–water partition coefficient (Wildman–Crippen LogP) is 1.87. The number of hydrogen-bond acceptors (Lipinski definition) is 6. The minimum absolute atomic E-state index is 0.0859. The Bertz CT molecular complexity index is 530. The largest absolute Gasteiger partial charge is 0.487 e. The number of benzene rings is 1. The van der Waals surface area contributed by atoms with Crippen LogP contribution < -0.4 is 10.5 Å². The summed E-state index contributed by atoms with van der Waals surface area (Å²) in [5.74, 6) is -0.294. The second kappa shape index (κ2) is 7.58. The molecule has 1 rings (SSSR count). The number of carbonyl (C=O) groups is 1. The molecule has 7 nitrogen and oxygen atoms in total. The summed E-state index contributed by atoms with van der Waals surface area (Å²) in [5, 5.41) is 11.0. The molecule has 0 heterocycles. The Morgan fingerprint density at radius 3 is 2.67 bits per heavy atom. The highest BCUT2D eigenvalue weighted by Crippen LogP contribution is 2.32. The Balaban J connectivity index is 2.72. The molecule has 21 heavy (non-hydrogen) atoms. The van der Waals surface area contributed by atoms with Gasteiger partial charge < -0.3 is 15.2 Å². The van der Waals surface area contributed by atoms with Gasteiger partial charge in [-0.1, -0.05) is 6.07 Å². The normalized spacial score (nSPS) is 11.8. The summed E-state index contributed by atoms with van der Waals surface area (Å²) in [6.07, 6.45) is 0.226. The topological polar surface area (TPSA) is 105 Å². The van der Waals surface area contributed by atoms with Gasteiger partial charge in [0.25, 0.3) is 0 Å². The molecule has 2 N–H and O–H groups in total. The highest BCUT2D eigenvalue weighted by Gasteiger charge is 2.20. The van der Waals surface area contributed by atoms with Gasteiger partial charge in [-0.25, -0.2) is 0 Å². The SMILES string of the molecule is CCOC(=O)C(N)CCOc1c(C)cc(C)cc1[N+](=O)[O-]. The Kier molecular flexibility index (Phi) is 6.10. The summed E-state index contributed by atoms with van der Waals surface area (Å²) < 4.78 is 10.2. The number of esters is 1. The zero-order chi connectivity index (χ0) is 16.0. The molecule has 1 atom stereocenters. The zero-order valence-electron chi connectivity index (χ0n) is 12.4. The van der Waals surface area contributed by atoms with Crippen LogP contribution in [0.3, 0.4) is 0 Å². The van der Waals surface area contributed by atoms with Gasteiger partial charge in [-0.15, -0.1) is 0 Å². The van der Waals surface area contributed by atoms with Gasteiger partial charge in [0.05, 0.1) is 18.1 Å². The van der Waals surface area contributed by atoms with Crippen molar-refractivity contribution in [1.82, 2.24) is 0 Å². The summed E-state index contributed by atoms with van der Waals surface area (Å²) in [5.41, 5.74) is 7.01. The number of aryl methyl sites for hydroxylation is 2. The fraction of sp³-hybridized carbons (Fsp3) is 0.500. The quantitative estimate of drug-likeness (QED) is 0.468. The first kappa shape index (κ1) is 16.9. The summed E-state index contributed by atoms with van der Waals surface area (Å²) in [7, 11) is 0. The molecule has 0 fully saturated rings. The van der Waals surface area contributed by atoms with E-state index in [9.17, 15) is 14.9 Å². The molecule has 1 unspecified atom stereocenters. The van der Waals surface area contributed by atoms with Crippen molar-refractivity contribution in [2.24, 2.45) is 5.73 Å². The van der Waals surface area contributed by atoms with Crippen LogP contribution in [-0.4, -0.2) is 30.1 Å². The third kappa shape index (κ3) is 4.71. The van der Waals surface area contributed by atoms with Crippen LogP contribution in [0.4, 0.5) is 5.69 Å². The Morgan fingerprint density at radius 2 is 2.10 bits per heavy atom. The number of carbonyl (C=O) groups excluding carboxylic acids is 1. The fourth-order valence-corrected chi connectivity index (χ4v) is 1.91. The molecule has 7 heteroatoms. The second-order valence-electron chi connectivity index (χ2n) is 4.68. The van der Waals surface area contributed by atoms with Gasteiger partial charge in [0, 0.05) is 12.5 Å².